The predicted molar refractivity (Wildman–Crippen MR) is 469 cm³/mol. The summed E-state index contributed by atoms with van der Waals surface area (Å²) in [5.74, 6) is 11.6. The standard InChI is InChI=1S/4C25H29NO4.CH4/c4*1-28-24-16-19(10-13-22(24)29-20-4-2-3-5-20)26-15-14-23(25(26)27)30-21-11-8-18(9-12-21)17-6-7-17;/h4*8-13,16-17,20,23H,2-7,14-15H2,1H3;1H4/t4*23-;/m1100./s1. The van der Waals surface area contributed by atoms with Crippen LogP contribution < -0.4 is 76.4 Å². The van der Waals surface area contributed by atoms with Crippen LogP contribution in [0.3, 0.4) is 0 Å². The van der Waals surface area contributed by atoms with Crippen LogP contribution in [0.15, 0.2) is 170 Å². The topological polar surface area (TPSA) is 192 Å². The summed E-state index contributed by atoms with van der Waals surface area (Å²) in [5.41, 5.74) is 8.78. The van der Waals surface area contributed by atoms with E-state index in [1.165, 1.54) is 125 Å². The van der Waals surface area contributed by atoms with E-state index in [1.54, 1.807) is 48.0 Å². The van der Waals surface area contributed by atoms with Gasteiger partial charge in [-0.25, -0.2) is 0 Å². The van der Waals surface area contributed by atoms with Crippen LogP contribution in [0.2, 0.25) is 0 Å². The van der Waals surface area contributed by atoms with Crippen LogP contribution in [0.5, 0.6) is 69.0 Å². The van der Waals surface area contributed by atoms with Crippen LogP contribution in [0, 0.1) is 0 Å². The maximum absolute atomic E-state index is 13.0. The third kappa shape index (κ3) is 20.9. The predicted octanol–water partition coefficient (Wildman–Crippen LogP) is 20.9. The normalized spacial score (nSPS) is 21.7. The van der Waals surface area contributed by atoms with Gasteiger partial charge in [0.2, 0.25) is 0 Å². The molecule has 20 rings (SSSR count). The molecule has 20 nitrogen and oxygen atoms in total. The molecule has 121 heavy (non-hydrogen) atoms. The summed E-state index contributed by atoms with van der Waals surface area (Å²) in [6.45, 7) is 2.54. The highest BCUT2D eigenvalue weighted by Gasteiger charge is 2.40. The number of nitrogens with zero attached hydrogens (tertiary/aromatic N) is 4. The number of anilines is 4. The maximum Gasteiger partial charge on any atom is 0.268 e. The number of carbonyl (C=O) groups excluding carboxylic acids is 4. The van der Waals surface area contributed by atoms with Gasteiger partial charge in [0.25, 0.3) is 23.6 Å². The first-order valence-electron chi connectivity index (χ1n) is 44.6. The molecule has 4 atom stereocenters. The first-order chi connectivity index (χ1) is 58.8. The van der Waals surface area contributed by atoms with Gasteiger partial charge in [0.05, 0.1) is 52.9 Å². The van der Waals surface area contributed by atoms with E-state index >= 15 is 0 Å². The van der Waals surface area contributed by atoms with Gasteiger partial charge in [-0.3, -0.25) is 19.2 Å². The maximum atomic E-state index is 13.0. The lowest BCUT2D eigenvalue weighted by Gasteiger charge is -2.20. The zero-order chi connectivity index (χ0) is 82.0. The molecule has 0 N–H and O–H groups in total. The SMILES string of the molecule is C.COc1cc(N2CC[C@@H](Oc3ccc(C4CC4)cc3)C2=O)ccc1OC1CCCC1.COc1cc(N2CC[C@@H](Oc3ccc(C4CC4)cc3)C2=O)ccc1OC1CCCC1.COc1cc(N2CC[C@H](Oc3ccc(C4CC4)cc3)C2=O)ccc1OC1CCCC1.COc1cc(N2CC[C@H](Oc3ccc(C4CC4)cc3)C2=O)ccc1OC1CCCC1. The zero-order valence-electron chi connectivity index (χ0n) is 70.0. The van der Waals surface area contributed by atoms with Gasteiger partial charge in [-0.1, -0.05) is 56.0 Å². The van der Waals surface area contributed by atoms with E-state index in [2.05, 4.69) is 48.5 Å². The number of amides is 4. The Morgan fingerprint density at radius 1 is 0.223 bits per heavy atom. The minimum absolute atomic E-state index is 0. The van der Waals surface area contributed by atoms with Crippen molar-refractivity contribution >= 4 is 46.4 Å². The Kier molecular flexibility index (Phi) is 27.0. The lowest BCUT2D eigenvalue weighted by molar-refractivity contribution is -0.123. The Bertz CT molecular complexity index is 4200. The molecule has 12 aliphatic rings. The molecule has 4 amide bonds. The highest BCUT2D eigenvalue weighted by atomic mass is 16.5. The molecule has 0 unspecified atom stereocenters. The second-order valence-corrected chi connectivity index (χ2v) is 34.4. The first-order valence-corrected chi connectivity index (χ1v) is 44.6. The minimum Gasteiger partial charge on any atom is -0.493 e. The largest absolute Gasteiger partial charge is 0.493 e. The molecular weight excluding hydrogens is 1530 g/mol. The summed E-state index contributed by atoms with van der Waals surface area (Å²) in [4.78, 5) is 59.1. The number of hydrogen-bond acceptors (Lipinski definition) is 16. The van der Waals surface area contributed by atoms with Gasteiger partial charge >= 0.3 is 0 Å². The van der Waals surface area contributed by atoms with Crippen LogP contribution in [0.1, 0.15) is 233 Å². The molecule has 0 spiro atoms. The molecule has 12 fully saturated rings. The molecule has 0 radical (unpaired) electrons. The van der Waals surface area contributed by atoms with Gasteiger partial charge in [-0.2, -0.15) is 0 Å². The molecule has 8 saturated carbocycles. The van der Waals surface area contributed by atoms with E-state index in [-0.39, 0.29) is 55.5 Å². The number of ether oxygens (including phenoxy) is 12. The van der Waals surface area contributed by atoms with E-state index in [0.29, 0.717) is 74.9 Å². The van der Waals surface area contributed by atoms with Crippen molar-refractivity contribution in [3.05, 3.63) is 192 Å². The molecule has 640 valence electrons. The molecule has 8 aromatic carbocycles. The summed E-state index contributed by atoms with van der Waals surface area (Å²) in [6, 6.07) is 55.9. The van der Waals surface area contributed by atoms with Gasteiger partial charge in [0.1, 0.15) is 23.0 Å². The lowest BCUT2D eigenvalue weighted by Crippen LogP contribution is -2.32. The summed E-state index contributed by atoms with van der Waals surface area (Å²) in [6.07, 6.45) is 30.7. The fourth-order valence-electron chi connectivity index (χ4n) is 18.1. The van der Waals surface area contributed by atoms with Gasteiger partial charge in [-0.05, 0) is 297 Å². The molecule has 20 heteroatoms. The summed E-state index contributed by atoms with van der Waals surface area (Å²) in [5, 5.41) is 0. The van der Waals surface area contributed by atoms with Crippen molar-refractivity contribution < 1.29 is 76.0 Å². The third-order valence-corrected chi connectivity index (χ3v) is 25.7. The molecule has 0 bridgehead atoms. The highest BCUT2D eigenvalue weighted by molar-refractivity contribution is 6.01. The molecular formula is C101H120N4O16. The average Bonchev–Trinajstić information content (AvgIpc) is 1.68. The van der Waals surface area contributed by atoms with Crippen molar-refractivity contribution in [3.8, 4) is 69.0 Å². The minimum atomic E-state index is -0.447. The van der Waals surface area contributed by atoms with Crippen molar-refractivity contribution in [1.29, 1.82) is 0 Å². The Hall–Kier alpha value is -10.8. The van der Waals surface area contributed by atoms with Crippen LogP contribution in [-0.2, 0) is 19.2 Å². The van der Waals surface area contributed by atoms with Gasteiger partial charge < -0.3 is 76.4 Å². The fraction of sp³-hybridized carbons (Fsp3) is 0.485. The monoisotopic (exact) mass is 1640 g/mol. The van der Waals surface area contributed by atoms with Crippen LogP contribution in [-0.4, -0.2) is 127 Å². The number of hydrogen-bond donors (Lipinski definition) is 0. The summed E-state index contributed by atoms with van der Waals surface area (Å²) >= 11 is 0. The molecule has 0 aromatic heterocycles. The van der Waals surface area contributed by atoms with Crippen molar-refractivity contribution in [3.63, 3.8) is 0 Å². The summed E-state index contributed by atoms with van der Waals surface area (Å²) < 4.78 is 70.8. The number of methoxy groups -OCH3 is 4. The number of carbonyl (C=O) groups is 4. The van der Waals surface area contributed by atoms with Crippen LogP contribution in [0.25, 0.3) is 0 Å². The van der Waals surface area contributed by atoms with E-state index < -0.39 is 24.4 Å². The van der Waals surface area contributed by atoms with Crippen molar-refractivity contribution in [2.24, 2.45) is 0 Å². The number of rotatable bonds is 28. The van der Waals surface area contributed by atoms with Crippen LogP contribution in [0.4, 0.5) is 22.7 Å². The average molecular weight is 1650 g/mol. The van der Waals surface area contributed by atoms with E-state index in [1.807, 2.05) is 121 Å². The first kappa shape index (κ1) is 83.9. The van der Waals surface area contributed by atoms with E-state index in [9.17, 15) is 19.2 Å². The lowest BCUT2D eigenvalue weighted by atomic mass is 10.1. The Morgan fingerprint density at radius 2 is 0.413 bits per heavy atom. The molecule has 8 aromatic rings. The van der Waals surface area contributed by atoms with Gasteiger partial charge in [0.15, 0.2) is 70.4 Å². The fourth-order valence-corrected chi connectivity index (χ4v) is 18.1. The van der Waals surface area contributed by atoms with Crippen molar-refractivity contribution in [2.75, 3.05) is 74.2 Å². The quantitative estimate of drug-likeness (QED) is 0.0449. The third-order valence-electron chi connectivity index (χ3n) is 25.7. The Morgan fingerprint density at radius 3 is 0.587 bits per heavy atom. The van der Waals surface area contributed by atoms with Crippen molar-refractivity contribution in [2.45, 2.75) is 260 Å². The Balaban J connectivity index is 0.000000120. The second kappa shape index (κ2) is 39.0. The molecule has 8 aliphatic carbocycles. The van der Waals surface area contributed by atoms with E-state index in [4.69, 9.17) is 56.8 Å². The molecule has 4 saturated heterocycles. The number of benzene rings is 8. The Labute approximate surface area is 713 Å². The van der Waals surface area contributed by atoms with Gasteiger partial charge in [0, 0.05) is 98.9 Å². The van der Waals surface area contributed by atoms with E-state index in [0.717, 1.165) is 144 Å². The molecule has 4 heterocycles. The molecule has 4 aliphatic heterocycles. The van der Waals surface area contributed by atoms with Crippen LogP contribution >= 0.6 is 0 Å². The smallest absolute Gasteiger partial charge is 0.268 e. The zero-order valence-corrected chi connectivity index (χ0v) is 70.0. The van der Waals surface area contributed by atoms with Gasteiger partial charge in [-0.15, -0.1) is 0 Å². The second-order valence-electron chi connectivity index (χ2n) is 34.4. The summed E-state index contributed by atoms with van der Waals surface area (Å²) in [7, 11) is 6.57. The van der Waals surface area contributed by atoms with Crippen molar-refractivity contribution in [1.82, 2.24) is 0 Å². The highest BCUT2D eigenvalue weighted by Crippen LogP contribution is 2.47.